The molecule has 4 nitrogen and oxygen atoms in total. The molecule has 0 heterocycles. The molecule has 0 atom stereocenters. The van der Waals surface area contributed by atoms with Crippen LogP contribution in [-0.4, -0.2) is 34.5 Å². The van der Waals surface area contributed by atoms with E-state index < -0.39 is 0 Å². The maximum Gasteiger partial charge on any atom is 0.214 e. The zero-order valence-corrected chi connectivity index (χ0v) is 8.36. The first kappa shape index (κ1) is 9.67. The Labute approximate surface area is 74.4 Å². The van der Waals surface area contributed by atoms with Gasteiger partial charge in [-0.25, -0.2) is 3.22 Å². The summed E-state index contributed by atoms with van der Waals surface area (Å²) in [6.07, 6.45) is 0.721. The molecule has 0 aromatic carbocycles. The van der Waals surface area contributed by atoms with Crippen molar-refractivity contribution in [2.75, 3.05) is 14.1 Å². The minimum absolute atomic E-state index is 0.673. The fourth-order valence-corrected chi connectivity index (χ4v) is 0.658. The summed E-state index contributed by atoms with van der Waals surface area (Å²) in [6, 6.07) is 0. The number of amidine groups is 1. The number of carbonyl (C=O) groups excluding carboxylic acids is 1. The molecule has 0 aliphatic rings. The summed E-state index contributed by atoms with van der Waals surface area (Å²) >= 11 is 2.01. The molecule has 0 saturated heterocycles. The molecule has 0 rings (SSSR count). The van der Waals surface area contributed by atoms with Crippen LogP contribution in [0.25, 0.3) is 0 Å². The molecule has 1 amide bonds. The quantitative estimate of drug-likeness (QED) is 0.182. The van der Waals surface area contributed by atoms with Crippen LogP contribution in [0.3, 0.4) is 0 Å². The molecule has 0 aromatic heterocycles. The Hall–Kier alpha value is -0.330. The second kappa shape index (κ2) is 4.48. The molecule has 5 heteroatoms. The molecule has 0 aliphatic heterocycles. The number of hydrogen-bond donors (Lipinski definition) is 0. The van der Waals surface area contributed by atoms with Gasteiger partial charge in [0.1, 0.15) is 5.84 Å². The first-order valence-corrected chi connectivity index (χ1v) is 3.67. The third kappa shape index (κ3) is 3.65. The van der Waals surface area contributed by atoms with Gasteiger partial charge in [-0.15, -0.1) is 0 Å². The number of halogens is 1. The monoisotopic (exact) mass is 255 g/mol. The van der Waals surface area contributed by atoms with E-state index in [2.05, 4.69) is 5.10 Å². The number of carbonyl (C=O) groups is 1. The van der Waals surface area contributed by atoms with Gasteiger partial charge in [0.15, 0.2) is 0 Å². The van der Waals surface area contributed by atoms with Crippen molar-refractivity contribution < 1.29 is 4.79 Å². The molecule has 0 unspecified atom stereocenters. The van der Waals surface area contributed by atoms with Crippen molar-refractivity contribution in [2.45, 2.75) is 6.92 Å². The Morgan fingerprint density at radius 1 is 1.60 bits per heavy atom. The number of hydrazone groups is 1. The third-order valence-electron chi connectivity index (χ3n) is 0.951. The van der Waals surface area contributed by atoms with E-state index in [1.807, 2.05) is 22.9 Å². The van der Waals surface area contributed by atoms with Gasteiger partial charge in [0.05, 0.1) is 22.9 Å². The number of hydrogen-bond acceptors (Lipinski definition) is 3. The largest absolute Gasteiger partial charge is 0.305 e. The zero-order chi connectivity index (χ0) is 8.15. The minimum atomic E-state index is 0.673. The van der Waals surface area contributed by atoms with Crippen LogP contribution in [0.1, 0.15) is 6.92 Å². The molecule has 0 aliphatic carbocycles. The topological polar surface area (TPSA) is 35.9 Å². The zero-order valence-electron chi connectivity index (χ0n) is 6.21. The van der Waals surface area contributed by atoms with Crippen LogP contribution >= 0.6 is 22.9 Å². The maximum atomic E-state index is 10.2. The third-order valence-corrected chi connectivity index (χ3v) is 1.17. The summed E-state index contributed by atoms with van der Waals surface area (Å²) in [4.78, 5) is 11.6. The average molecular weight is 255 g/mol. The van der Waals surface area contributed by atoms with E-state index in [9.17, 15) is 4.79 Å². The van der Waals surface area contributed by atoms with Crippen LogP contribution in [0.15, 0.2) is 5.10 Å². The predicted octanol–water partition coefficient (Wildman–Crippen LogP) is 0.690. The van der Waals surface area contributed by atoms with Gasteiger partial charge < -0.3 is 4.90 Å². The molecule has 0 radical (unpaired) electrons. The summed E-state index contributed by atoms with van der Waals surface area (Å²) in [5.41, 5.74) is 0. The van der Waals surface area contributed by atoms with Gasteiger partial charge in [0, 0.05) is 14.1 Å². The molecule has 0 aromatic rings. The van der Waals surface area contributed by atoms with Gasteiger partial charge in [-0.2, -0.15) is 5.10 Å². The maximum absolute atomic E-state index is 10.2. The molecular weight excluding hydrogens is 245 g/mol. The molecule has 0 fully saturated rings. The van der Waals surface area contributed by atoms with Crippen LogP contribution in [-0.2, 0) is 4.79 Å². The van der Waals surface area contributed by atoms with Gasteiger partial charge >= 0.3 is 0 Å². The first-order valence-electron chi connectivity index (χ1n) is 2.70. The van der Waals surface area contributed by atoms with Crippen LogP contribution in [0, 0.1) is 0 Å². The lowest BCUT2D eigenvalue weighted by molar-refractivity contribution is -0.114. The van der Waals surface area contributed by atoms with Crippen LogP contribution in [0.2, 0.25) is 0 Å². The highest BCUT2D eigenvalue weighted by Crippen LogP contribution is 1.94. The van der Waals surface area contributed by atoms with Gasteiger partial charge in [0.2, 0.25) is 6.41 Å². The molecule has 58 valence electrons. The van der Waals surface area contributed by atoms with E-state index in [1.165, 1.54) is 4.90 Å². The van der Waals surface area contributed by atoms with Crippen molar-refractivity contribution in [3.63, 3.8) is 0 Å². The van der Waals surface area contributed by atoms with Gasteiger partial charge in [-0.1, -0.05) is 0 Å². The summed E-state index contributed by atoms with van der Waals surface area (Å²) in [6.45, 7) is 1.77. The summed E-state index contributed by atoms with van der Waals surface area (Å²) < 4.78 is 1.62. The normalized spacial score (nSPS) is 11.0. The lowest BCUT2D eigenvalue weighted by Crippen LogP contribution is -2.23. The van der Waals surface area contributed by atoms with Crippen molar-refractivity contribution in [3.05, 3.63) is 0 Å². The SMILES string of the molecule is C/C(=N/N(C)I)N(C)C=O. The number of nitrogens with zero attached hydrogens (tertiary/aromatic N) is 3. The van der Waals surface area contributed by atoms with Crippen molar-refractivity contribution in [2.24, 2.45) is 5.10 Å². The Morgan fingerprint density at radius 2 is 2.10 bits per heavy atom. The van der Waals surface area contributed by atoms with Crippen molar-refractivity contribution in [3.8, 4) is 0 Å². The van der Waals surface area contributed by atoms with Crippen molar-refractivity contribution in [1.82, 2.24) is 8.12 Å². The molecule has 0 saturated carbocycles. The molecule has 0 bridgehead atoms. The number of amides is 1. The van der Waals surface area contributed by atoms with Gasteiger partial charge in [-0.05, 0) is 6.92 Å². The smallest absolute Gasteiger partial charge is 0.214 e. The molecule has 0 N–H and O–H groups in total. The van der Waals surface area contributed by atoms with Crippen LogP contribution in [0.5, 0.6) is 0 Å². The average Bonchev–Trinajstić information content (AvgIpc) is 1.85. The van der Waals surface area contributed by atoms with E-state index in [1.54, 1.807) is 24.2 Å². The standard InChI is InChI=1S/C5H10IN3O/c1-5(7-9(3)6)8(2)4-10/h4H,1-3H3/b7-5-. The van der Waals surface area contributed by atoms with E-state index in [0.717, 1.165) is 6.41 Å². The van der Waals surface area contributed by atoms with Crippen LogP contribution < -0.4 is 0 Å². The van der Waals surface area contributed by atoms with Gasteiger partial charge in [0.25, 0.3) is 0 Å². The van der Waals surface area contributed by atoms with E-state index in [4.69, 9.17) is 0 Å². The Kier molecular flexibility index (Phi) is 4.33. The Morgan fingerprint density at radius 3 is 2.40 bits per heavy atom. The summed E-state index contributed by atoms with van der Waals surface area (Å²) in [7, 11) is 3.45. The lowest BCUT2D eigenvalue weighted by Gasteiger charge is -2.10. The van der Waals surface area contributed by atoms with Gasteiger partial charge in [-0.3, -0.25) is 4.79 Å². The lowest BCUT2D eigenvalue weighted by atomic mass is 10.6. The van der Waals surface area contributed by atoms with Crippen molar-refractivity contribution in [1.29, 1.82) is 0 Å². The second-order valence-corrected chi connectivity index (χ2v) is 3.20. The first-order chi connectivity index (χ1) is 4.57. The Balaban J connectivity index is 4.04. The number of rotatable bonds is 2. The highest BCUT2D eigenvalue weighted by atomic mass is 127. The summed E-state index contributed by atoms with van der Waals surface area (Å²) in [5.74, 6) is 0.673. The molecule has 0 spiro atoms. The minimum Gasteiger partial charge on any atom is -0.305 e. The Bertz CT molecular complexity index is 146. The predicted molar refractivity (Wildman–Crippen MR) is 48.7 cm³/mol. The summed E-state index contributed by atoms with van der Waals surface area (Å²) in [5, 5.41) is 3.98. The molecular formula is C5H10IN3O. The molecule has 10 heavy (non-hydrogen) atoms. The van der Waals surface area contributed by atoms with Crippen molar-refractivity contribution >= 4 is 35.1 Å². The van der Waals surface area contributed by atoms with E-state index in [0.29, 0.717) is 5.84 Å². The fourth-order valence-electron chi connectivity index (χ4n) is 0.346. The highest BCUT2D eigenvalue weighted by Gasteiger charge is 1.96. The van der Waals surface area contributed by atoms with Crippen LogP contribution in [0.4, 0.5) is 0 Å². The van der Waals surface area contributed by atoms with E-state index in [-0.39, 0.29) is 0 Å². The fraction of sp³-hybridized carbons (Fsp3) is 0.600. The highest BCUT2D eigenvalue weighted by molar-refractivity contribution is 14.1. The van der Waals surface area contributed by atoms with E-state index >= 15 is 0 Å². The second-order valence-electron chi connectivity index (χ2n) is 1.81.